The van der Waals surface area contributed by atoms with Crippen molar-refractivity contribution in [1.82, 2.24) is 14.9 Å². The van der Waals surface area contributed by atoms with Crippen LogP contribution in [0.15, 0.2) is 42.6 Å². The minimum Gasteiger partial charge on any atom is -0.450 e. The lowest BCUT2D eigenvalue weighted by Gasteiger charge is -2.34. The fourth-order valence-corrected chi connectivity index (χ4v) is 2.93. The van der Waals surface area contributed by atoms with Gasteiger partial charge in [-0.15, -0.1) is 0 Å². The predicted octanol–water partition coefficient (Wildman–Crippen LogP) is 2.93. The minimum atomic E-state index is -0.250. The first-order chi connectivity index (χ1) is 12.7. The fourth-order valence-electron chi connectivity index (χ4n) is 2.93. The zero-order chi connectivity index (χ0) is 18.4. The molecule has 138 valence electrons. The summed E-state index contributed by atoms with van der Waals surface area (Å²) in [6, 6.07) is 12.3. The van der Waals surface area contributed by atoms with Crippen LogP contribution in [-0.2, 0) is 4.74 Å². The van der Waals surface area contributed by atoms with E-state index in [-0.39, 0.29) is 12.1 Å². The van der Waals surface area contributed by atoms with Gasteiger partial charge in [-0.2, -0.15) is 4.98 Å². The highest BCUT2D eigenvalue weighted by molar-refractivity contribution is 5.68. The zero-order valence-electron chi connectivity index (χ0n) is 15.3. The highest BCUT2D eigenvalue weighted by Gasteiger charge is 2.23. The van der Waals surface area contributed by atoms with E-state index in [0.717, 1.165) is 5.82 Å². The lowest BCUT2D eigenvalue weighted by Crippen LogP contribution is -2.49. The Labute approximate surface area is 154 Å². The smallest absolute Gasteiger partial charge is 0.409 e. The molecule has 0 bridgehead atoms. The molecular formula is C19H25N5O2. The van der Waals surface area contributed by atoms with Crippen LogP contribution in [0.1, 0.15) is 25.5 Å². The highest BCUT2D eigenvalue weighted by atomic mass is 16.6. The molecule has 0 aliphatic carbocycles. The third-order valence-corrected chi connectivity index (χ3v) is 4.40. The van der Waals surface area contributed by atoms with Crippen LogP contribution in [0.2, 0.25) is 0 Å². The molecule has 0 saturated carbocycles. The van der Waals surface area contributed by atoms with E-state index in [0.29, 0.717) is 38.7 Å². The maximum Gasteiger partial charge on any atom is 0.409 e. The van der Waals surface area contributed by atoms with E-state index >= 15 is 0 Å². The molecule has 2 aromatic rings. The number of nitrogens with one attached hydrogen (secondary N) is 1. The largest absolute Gasteiger partial charge is 0.450 e. The van der Waals surface area contributed by atoms with E-state index in [1.54, 1.807) is 11.1 Å². The molecule has 1 aliphatic heterocycles. The van der Waals surface area contributed by atoms with Crippen LogP contribution in [0.5, 0.6) is 0 Å². The number of ether oxygens (including phenoxy) is 1. The van der Waals surface area contributed by atoms with Crippen molar-refractivity contribution < 1.29 is 9.53 Å². The number of piperazine rings is 1. The van der Waals surface area contributed by atoms with Gasteiger partial charge in [-0.05, 0) is 25.5 Å². The molecule has 1 unspecified atom stereocenters. The van der Waals surface area contributed by atoms with Gasteiger partial charge in [0.15, 0.2) is 0 Å². The number of hydrogen-bond acceptors (Lipinski definition) is 6. The first-order valence-corrected chi connectivity index (χ1v) is 8.98. The van der Waals surface area contributed by atoms with E-state index in [4.69, 9.17) is 4.74 Å². The van der Waals surface area contributed by atoms with Crippen LogP contribution in [0.4, 0.5) is 16.6 Å². The number of carbonyl (C=O) groups is 1. The molecule has 1 saturated heterocycles. The van der Waals surface area contributed by atoms with Crippen molar-refractivity contribution in [3.05, 3.63) is 48.2 Å². The van der Waals surface area contributed by atoms with Gasteiger partial charge in [0.05, 0.1) is 6.61 Å². The van der Waals surface area contributed by atoms with Crippen LogP contribution in [-0.4, -0.2) is 53.7 Å². The second-order valence-electron chi connectivity index (χ2n) is 6.19. The third kappa shape index (κ3) is 4.41. The zero-order valence-corrected chi connectivity index (χ0v) is 15.3. The van der Waals surface area contributed by atoms with Gasteiger partial charge in [-0.3, -0.25) is 0 Å². The van der Waals surface area contributed by atoms with Gasteiger partial charge < -0.3 is 19.9 Å². The molecule has 1 amide bonds. The summed E-state index contributed by atoms with van der Waals surface area (Å²) in [4.78, 5) is 24.6. The number of amides is 1. The second-order valence-corrected chi connectivity index (χ2v) is 6.19. The topological polar surface area (TPSA) is 70.6 Å². The monoisotopic (exact) mass is 355 g/mol. The summed E-state index contributed by atoms with van der Waals surface area (Å²) in [5.41, 5.74) is 1.20. The number of nitrogens with zero attached hydrogens (tertiary/aromatic N) is 4. The molecular weight excluding hydrogens is 330 g/mol. The van der Waals surface area contributed by atoms with Crippen molar-refractivity contribution in [2.45, 2.75) is 19.9 Å². The lowest BCUT2D eigenvalue weighted by molar-refractivity contribution is 0.105. The predicted molar refractivity (Wildman–Crippen MR) is 101 cm³/mol. The van der Waals surface area contributed by atoms with E-state index in [9.17, 15) is 4.79 Å². The number of anilines is 2. The molecule has 1 aromatic heterocycles. The molecule has 1 atom stereocenters. The number of aromatic nitrogens is 2. The Bertz CT molecular complexity index is 717. The average Bonchev–Trinajstić information content (AvgIpc) is 2.69. The van der Waals surface area contributed by atoms with Crippen molar-refractivity contribution in [2.24, 2.45) is 0 Å². The van der Waals surface area contributed by atoms with Gasteiger partial charge in [0.2, 0.25) is 5.95 Å². The summed E-state index contributed by atoms with van der Waals surface area (Å²) < 4.78 is 5.05. The van der Waals surface area contributed by atoms with E-state index < -0.39 is 0 Å². The van der Waals surface area contributed by atoms with Crippen molar-refractivity contribution >= 4 is 17.9 Å². The highest BCUT2D eigenvalue weighted by Crippen LogP contribution is 2.19. The molecule has 1 aliphatic rings. The number of benzene rings is 1. The summed E-state index contributed by atoms with van der Waals surface area (Å²) in [5, 5.41) is 3.42. The molecule has 3 rings (SSSR count). The lowest BCUT2D eigenvalue weighted by atomic mass is 10.1. The Morgan fingerprint density at radius 2 is 1.92 bits per heavy atom. The third-order valence-electron chi connectivity index (χ3n) is 4.40. The molecule has 1 fully saturated rings. The van der Waals surface area contributed by atoms with Crippen molar-refractivity contribution in [2.75, 3.05) is 43.0 Å². The van der Waals surface area contributed by atoms with E-state index in [1.165, 1.54) is 5.56 Å². The Balaban J connectivity index is 1.60. The Morgan fingerprint density at radius 1 is 1.19 bits per heavy atom. The molecule has 1 aromatic carbocycles. The molecule has 2 heterocycles. The number of carbonyl (C=O) groups excluding carboxylic acids is 1. The first-order valence-electron chi connectivity index (χ1n) is 8.98. The SMILES string of the molecule is CCOC(=O)N1CCN(c2nccc(NC(C)c3ccccc3)n2)CC1. The first kappa shape index (κ1) is 18.0. The molecule has 7 heteroatoms. The van der Waals surface area contributed by atoms with Crippen LogP contribution < -0.4 is 10.2 Å². The normalized spacial score (nSPS) is 15.5. The van der Waals surface area contributed by atoms with Crippen LogP contribution >= 0.6 is 0 Å². The minimum absolute atomic E-state index is 0.152. The van der Waals surface area contributed by atoms with Gasteiger partial charge in [0.25, 0.3) is 0 Å². The Kier molecular flexibility index (Phi) is 5.88. The Morgan fingerprint density at radius 3 is 2.62 bits per heavy atom. The summed E-state index contributed by atoms with van der Waals surface area (Å²) in [6.07, 6.45) is 1.51. The quantitative estimate of drug-likeness (QED) is 0.889. The van der Waals surface area contributed by atoms with E-state index in [2.05, 4.69) is 39.2 Å². The summed E-state index contributed by atoms with van der Waals surface area (Å²) >= 11 is 0. The number of hydrogen-bond donors (Lipinski definition) is 1. The van der Waals surface area contributed by atoms with Gasteiger partial charge in [-0.25, -0.2) is 9.78 Å². The fraction of sp³-hybridized carbons (Fsp3) is 0.421. The van der Waals surface area contributed by atoms with Crippen molar-refractivity contribution in [1.29, 1.82) is 0 Å². The van der Waals surface area contributed by atoms with Gasteiger partial charge in [0, 0.05) is 38.4 Å². The van der Waals surface area contributed by atoms with Gasteiger partial charge in [-0.1, -0.05) is 30.3 Å². The summed E-state index contributed by atoms with van der Waals surface area (Å²) in [6.45, 7) is 6.93. The van der Waals surface area contributed by atoms with Gasteiger partial charge in [0.1, 0.15) is 5.82 Å². The maximum atomic E-state index is 11.8. The average molecular weight is 355 g/mol. The van der Waals surface area contributed by atoms with E-state index in [1.807, 2.05) is 31.2 Å². The second kappa shape index (κ2) is 8.51. The molecule has 1 N–H and O–H groups in total. The van der Waals surface area contributed by atoms with Crippen molar-refractivity contribution in [3.63, 3.8) is 0 Å². The molecule has 0 radical (unpaired) electrons. The summed E-state index contributed by atoms with van der Waals surface area (Å²) in [5.74, 6) is 1.47. The molecule has 7 nitrogen and oxygen atoms in total. The molecule has 0 spiro atoms. The Hall–Kier alpha value is -2.83. The van der Waals surface area contributed by atoms with Crippen LogP contribution in [0, 0.1) is 0 Å². The molecule has 26 heavy (non-hydrogen) atoms. The van der Waals surface area contributed by atoms with Crippen LogP contribution in [0.3, 0.4) is 0 Å². The standard InChI is InChI=1S/C19H25N5O2/c1-3-26-19(25)24-13-11-23(12-14-24)18-20-10-9-17(22-18)21-15(2)16-7-5-4-6-8-16/h4-10,15H,3,11-14H2,1-2H3,(H,20,21,22). The van der Waals surface area contributed by atoms with Crippen molar-refractivity contribution in [3.8, 4) is 0 Å². The summed E-state index contributed by atoms with van der Waals surface area (Å²) in [7, 11) is 0. The number of rotatable bonds is 5. The van der Waals surface area contributed by atoms with Gasteiger partial charge >= 0.3 is 6.09 Å². The van der Waals surface area contributed by atoms with Crippen LogP contribution in [0.25, 0.3) is 0 Å². The maximum absolute atomic E-state index is 11.8.